The van der Waals surface area contributed by atoms with Crippen molar-refractivity contribution in [1.29, 1.82) is 0 Å². The van der Waals surface area contributed by atoms with Crippen molar-refractivity contribution in [3.8, 4) is 5.75 Å². The highest BCUT2D eigenvalue weighted by Crippen LogP contribution is 2.21. The lowest BCUT2D eigenvalue weighted by Gasteiger charge is -2.31. The Morgan fingerprint density at radius 2 is 1.93 bits per heavy atom. The first kappa shape index (κ1) is 18.9. The molecule has 0 aliphatic carbocycles. The van der Waals surface area contributed by atoms with Gasteiger partial charge < -0.3 is 15.0 Å². The summed E-state index contributed by atoms with van der Waals surface area (Å²) in [6.45, 7) is 1.81. The molecule has 0 spiro atoms. The van der Waals surface area contributed by atoms with Gasteiger partial charge in [0.05, 0.1) is 7.11 Å². The monoisotopic (exact) mass is 367 g/mol. The normalized spacial score (nSPS) is 14.6. The molecule has 2 aromatic rings. The summed E-state index contributed by atoms with van der Waals surface area (Å²) in [7, 11) is 1.59. The van der Waals surface area contributed by atoms with E-state index in [4.69, 9.17) is 4.74 Å². The van der Waals surface area contributed by atoms with Crippen molar-refractivity contribution >= 4 is 11.8 Å². The smallest absolute Gasteiger partial charge is 0.253 e. The third-order valence-corrected chi connectivity index (χ3v) is 4.93. The number of nitrogens with one attached hydrogen (secondary N) is 1. The SMILES string of the molecule is COc1cccc(C(=O)N2CCC(C(=O)NCCc3ccncc3)CC2)c1. The number of amides is 2. The zero-order chi connectivity index (χ0) is 19.1. The van der Waals surface area contributed by atoms with Crippen molar-refractivity contribution in [3.05, 3.63) is 59.9 Å². The number of rotatable bonds is 6. The largest absolute Gasteiger partial charge is 0.497 e. The average Bonchev–Trinajstić information content (AvgIpc) is 2.74. The van der Waals surface area contributed by atoms with Crippen molar-refractivity contribution in [3.63, 3.8) is 0 Å². The first-order chi connectivity index (χ1) is 13.2. The number of aromatic nitrogens is 1. The number of hydrogen-bond acceptors (Lipinski definition) is 4. The van der Waals surface area contributed by atoms with Crippen LogP contribution >= 0.6 is 0 Å². The van der Waals surface area contributed by atoms with Crippen LogP contribution in [0, 0.1) is 5.92 Å². The van der Waals surface area contributed by atoms with E-state index in [0.717, 1.165) is 12.0 Å². The number of methoxy groups -OCH3 is 1. The van der Waals surface area contributed by atoms with Gasteiger partial charge in [-0.25, -0.2) is 0 Å². The van der Waals surface area contributed by atoms with E-state index in [2.05, 4.69) is 10.3 Å². The quantitative estimate of drug-likeness (QED) is 0.850. The van der Waals surface area contributed by atoms with E-state index < -0.39 is 0 Å². The second-order valence-corrected chi connectivity index (χ2v) is 6.69. The predicted molar refractivity (Wildman–Crippen MR) is 103 cm³/mol. The van der Waals surface area contributed by atoms with Gasteiger partial charge in [0.15, 0.2) is 0 Å². The molecule has 1 aliphatic heterocycles. The zero-order valence-electron chi connectivity index (χ0n) is 15.6. The van der Waals surface area contributed by atoms with Crippen molar-refractivity contribution in [1.82, 2.24) is 15.2 Å². The zero-order valence-corrected chi connectivity index (χ0v) is 15.6. The molecule has 3 rings (SSSR count). The van der Waals surface area contributed by atoms with E-state index in [9.17, 15) is 9.59 Å². The van der Waals surface area contributed by atoms with Gasteiger partial charge in [0, 0.05) is 43.5 Å². The molecular formula is C21H25N3O3. The molecule has 1 N–H and O–H groups in total. The molecule has 0 atom stereocenters. The molecule has 1 aromatic heterocycles. The van der Waals surface area contributed by atoms with E-state index in [-0.39, 0.29) is 17.7 Å². The maximum absolute atomic E-state index is 12.6. The fraction of sp³-hybridized carbons (Fsp3) is 0.381. The van der Waals surface area contributed by atoms with Crippen LogP contribution in [0.3, 0.4) is 0 Å². The lowest BCUT2D eigenvalue weighted by Crippen LogP contribution is -2.43. The molecular weight excluding hydrogens is 342 g/mol. The number of carbonyl (C=O) groups excluding carboxylic acids is 2. The number of likely N-dealkylation sites (tertiary alicyclic amines) is 1. The number of hydrogen-bond donors (Lipinski definition) is 1. The topological polar surface area (TPSA) is 71.5 Å². The summed E-state index contributed by atoms with van der Waals surface area (Å²) in [5.41, 5.74) is 1.78. The van der Waals surface area contributed by atoms with Crippen LogP contribution in [-0.2, 0) is 11.2 Å². The van der Waals surface area contributed by atoms with Gasteiger partial charge in [-0.1, -0.05) is 6.07 Å². The summed E-state index contributed by atoms with van der Waals surface area (Å²) in [4.78, 5) is 30.8. The summed E-state index contributed by atoms with van der Waals surface area (Å²) < 4.78 is 5.18. The molecule has 27 heavy (non-hydrogen) atoms. The van der Waals surface area contributed by atoms with Crippen LogP contribution < -0.4 is 10.1 Å². The Kier molecular flexibility index (Phi) is 6.41. The minimum absolute atomic E-state index is 0.00885. The van der Waals surface area contributed by atoms with Gasteiger partial charge in [0.25, 0.3) is 5.91 Å². The number of piperidine rings is 1. The van der Waals surface area contributed by atoms with Crippen molar-refractivity contribution in [2.24, 2.45) is 5.92 Å². The predicted octanol–water partition coefficient (Wildman–Crippen LogP) is 2.30. The molecule has 1 fully saturated rings. The fourth-order valence-corrected chi connectivity index (χ4v) is 3.31. The van der Waals surface area contributed by atoms with Gasteiger partial charge >= 0.3 is 0 Å². The van der Waals surface area contributed by atoms with Crippen LogP contribution in [0.5, 0.6) is 5.75 Å². The van der Waals surface area contributed by atoms with Gasteiger partial charge in [0.2, 0.25) is 5.91 Å². The summed E-state index contributed by atoms with van der Waals surface area (Å²) in [5.74, 6) is 0.712. The summed E-state index contributed by atoms with van der Waals surface area (Å²) in [6.07, 6.45) is 5.69. The fourth-order valence-electron chi connectivity index (χ4n) is 3.31. The van der Waals surface area contributed by atoms with E-state index in [1.807, 2.05) is 29.2 Å². The summed E-state index contributed by atoms with van der Waals surface area (Å²) in [6, 6.07) is 11.1. The molecule has 0 saturated carbocycles. The van der Waals surface area contributed by atoms with Crippen molar-refractivity contribution < 1.29 is 14.3 Å². The highest BCUT2D eigenvalue weighted by Gasteiger charge is 2.27. The van der Waals surface area contributed by atoms with Gasteiger partial charge in [-0.05, 0) is 55.2 Å². The van der Waals surface area contributed by atoms with Crippen LogP contribution in [0.1, 0.15) is 28.8 Å². The molecule has 0 unspecified atom stereocenters. The van der Waals surface area contributed by atoms with Crippen LogP contribution in [0.15, 0.2) is 48.8 Å². The van der Waals surface area contributed by atoms with E-state index in [1.165, 1.54) is 0 Å². The Labute approximate surface area is 159 Å². The van der Waals surface area contributed by atoms with Gasteiger partial charge in [0.1, 0.15) is 5.75 Å². The Balaban J connectivity index is 1.45. The first-order valence-corrected chi connectivity index (χ1v) is 9.27. The van der Waals surface area contributed by atoms with Crippen LogP contribution in [0.25, 0.3) is 0 Å². The summed E-state index contributed by atoms with van der Waals surface area (Å²) in [5, 5.41) is 3.01. The highest BCUT2D eigenvalue weighted by molar-refractivity contribution is 5.94. The maximum atomic E-state index is 12.6. The summed E-state index contributed by atoms with van der Waals surface area (Å²) >= 11 is 0. The Morgan fingerprint density at radius 1 is 1.19 bits per heavy atom. The van der Waals surface area contributed by atoms with E-state index in [0.29, 0.717) is 43.8 Å². The molecule has 6 heteroatoms. The van der Waals surface area contributed by atoms with E-state index in [1.54, 1.807) is 31.6 Å². The second kappa shape index (κ2) is 9.16. The standard InChI is InChI=1S/C21H25N3O3/c1-27-19-4-2-3-18(15-19)21(26)24-13-8-17(9-14-24)20(25)23-12-7-16-5-10-22-11-6-16/h2-6,10-11,15,17H,7-9,12-14H2,1H3,(H,23,25). The molecule has 0 radical (unpaired) electrons. The van der Waals surface area contributed by atoms with Gasteiger partial charge in [-0.15, -0.1) is 0 Å². The number of ether oxygens (including phenoxy) is 1. The number of nitrogens with zero attached hydrogens (tertiary/aromatic N) is 2. The molecule has 6 nitrogen and oxygen atoms in total. The van der Waals surface area contributed by atoms with Crippen LogP contribution in [0.2, 0.25) is 0 Å². The van der Waals surface area contributed by atoms with Gasteiger partial charge in [-0.2, -0.15) is 0 Å². The first-order valence-electron chi connectivity index (χ1n) is 9.27. The minimum Gasteiger partial charge on any atom is -0.497 e. The lowest BCUT2D eigenvalue weighted by molar-refractivity contribution is -0.126. The number of carbonyl (C=O) groups is 2. The minimum atomic E-state index is -0.0307. The third-order valence-electron chi connectivity index (χ3n) is 4.93. The highest BCUT2D eigenvalue weighted by atomic mass is 16.5. The number of pyridine rings is 1. The molecule has 142 valence electrons. The van der Waals surface area contributed by atoms with Crippen LogP contribution in [0.4, 0.5) is 0 Å². The lowest BCUT2D eigenvalue weighted by atomic mass is 9.95. The molecule has 1 saturated heterocycles. The Hall–Kier alpha value is -2.89. The van der Waals surface area contributed by atoms with Gasteiger partial charge in [-0.3, -0.25) is 14.6 Å². The average molecular weight is 367 g/mol. The Morgan fingerprint density at radius 3 is 2.63 bits per heavy atom. The van der Waals surface area contributed by atoms with Crippen LogP contribution in [-0.4, -0.2) is 48.4 Å². The van der Waals surface area contributed by atoms with Crippen molar-refractivity contribution in [2.75, 3.05) is 26.7 Å². The second-order valence-electron chi connectivity index (χ2n) is 6.69. The molecule has 1 aromatic carbocycles. The molecule has 1 aliphatic rings. The number of benzene rings is 1. The Bertz CT molecular complexity index is 771. The van der Waals surface area contributed by atoms with E-state index >= 15 is 0 Å². The maximum Gasteiger partial charge on any atom is 0.253 e. The molecule has 0 bridgehead atoms. The molecule has 2 heterocycles. The van der Waals surface area contributed by atoms with Crippen molar-refractivity contribution in [2.45, 2.75) is 19.3 Å². The molecule has 2 amide bonds. The third kappa shape index (κ3) is 5.06.